The fourth-order valence-corrected chi connectivity index (χ4v) is 2.52. The van der Waals surface area contributed by atoms with E-state index in [0.29, 0.717) is 34.4 Å². The molecule has 7 nitrogen and oxygen atoms in total. The minimum atomic E-state index is -0.380. The molecule has 0 aliphatic rings. The summed E-state index contributed by atoms with van der Waals surface area (Å²) in [6.45, 7) is 0. The van der Waals surface area contributed by atoms with Crippen molar-refractivity contribution in [3.63, 3.8) is 0 Å². The molecule has 0 unspecified atom stereocenters. The van der Waals surface area contributed by atoms with E-state index in [1.165, 1.54) is 12.1 Å². The maximum atomic E-state index is 13.2. The van der Waals surface area contributed by atoms with Crippen LogP contribution in [-0.2, 0) is 11.2 Å². The molecule has 1 amide bonds. The van der Waals surface area contributed by atoms with E-state index in [1.807, 2.05) is 0 Å². The van der Waals surface area contributed by atoms with Crippen LogP contribution in [0.15, 0.2) is 54.6 Å². The van der Waals surface area contributed by atoms with Crippen molar-refractivity contribution in [3.8, 4) is 11.5 Å². The lowest BCUT2D eigenvalue weighted by Gasteiger charge is -2.12. The molecule has 0 aliphatic carbocycles. The maximum absolute atomic E-state index is 13.2. The van der Waals surface area contributed by atoms with Gasteiger partial charge in [0.25, 0.3) is 0 Å². The summed E-state index contributed by atoms with van der Waals surface area (Å²) in [5.41, 5.74) is 1.27. The Kier molecular flexibility index (Phi) is 6.01. The van der Waals surface area contributed by atoms with Crippen molar-refractivity contribution in [1.82, 2.24) is 10.2 Å². The molecule has 0 fully saturated rings. The topological polar surface area (TPSA) is 85.4 Å². The van der Waals surface area contributed by atoms with Crippen LogP contribution < -0.4 is 20.1 Å². The number of nitrogens with zero attached hydrogens (tertiary/aromatic N) is 2. The standard InChI is InChI=1S/C20H19FN4O3/c1-27-15-6-7-16(17(12-15)28-2)22-18-8-9-19(25-24-18)23-20(26)11-13-4-3-5-14(21)10-13/h3-10,12H,11H2,1-2H3,(H,22,24)(H,23,25,26). The molecule has 0 bridgehead atoms. The molecule has 0 atom stereocenters. The number of rotatable bonds is 7. The van der Waals surface area contributed by atoms with E-state index in [0.717, 1.165) is 0 Å². The van der Waals surface area contributed by atoms with Crippen LogP contribution >= 0.6 is 0 Å². The molecule has 2 N–H and O–H groups in total. The molecule has 2 aromatic carbocycles. The van der Waals surface area contributed by atoms with Crippen LogP contribution in [0.3, 0.4) is 0 Å². The SMILES string of the molecule is COc1ccc(Nc2ccc(NC(=O)Cc3cccc(F)c3)nn2)c(OC)c1. The highest BCUT2D eigenvalue weighted by atomic mass is 19.1. The van der Waals surface area contributed by atoms with Crippen molar-refractivity contribution in [2.45, 2.75) is 6.42 Å². The maximum Gasteiger partial charge on any atom is 0.229 e. The highest BCUT2D eigenvalue weighted by Crippen LogP contribution is 2.30. The molecule has 3 aromatic rings. The number of anilines is 3. The zero-order chi connectivity index (χ0) is 19.9. The number of ether oxygens (including phenoxy) is 2. The van der Waals surface area contributed by atoms with Gasteiger partial charge in [0.2, 0.25) is 5.91 Å². The van der Waals surface area contributed by atoms with E-state index in [9.17, 15) is 9.18 Å². The van der Waals surface area contributed by atoms with Crippen LogP contribution in [0.4, 0.5) is 21.7 Å². The first-order valence-corrected chi connectivity index (χ1v) is 8.44. The lowest BCUT2D eigenvalue weighted by atomic mass is 10.1. The van der Waals surface area contributed by atoms with Crippen LogP contribution in [0.1, 0.15) is 5.56 Å². The average molecular weight is 382 g/mol. The highest BCUT2D eigenvalue weighted by Gasteiger charge is 2.09. The number of aromatic nitrogens is 2. The fourth-order valence-electron chi connectivity index (χ4n) is 2.52. The van der Waals surface area contributed by atoms with Gasteiger partial charge in [-0.2, -0.15) is 0 Å². The van der Waals surface area contributed by atoms with Crippen LogP contribution in [0.2, 0.25) is 0 Å². The van der Waals surface area contributed by atoms with E-state index < -0.39 is 0 Å². The molecule has 3 rings (SSSR count). The van der Waals surface area contributed by atoms with Gasteiger partial charge in [0.1, 0.15) is 17.3 Å². The van der Waals surface area contributed by atoms with Crippen LogP contribution in [-0.4, -0.2) is 30.3 Å². The van der Waals surface area contributed by atoms with Gasteiger partial charge in [0.15, 0.2) is 11.6 Å². The molecule has 0 radical (unpaired) electrons. The molecule has 8 heteroatoms. The van der Waals surface area contributed by atoms with Gasteiger partial charge in [-0.05, 0) is 42.0 Å². The molecule has 1 heterocycles. The minimum Gasteiger partial charge on any atom is -0.497 e. The lowest BCUT2D eigenvalue weighted by Crippen LogP contribution is -2.15. The molecule has 144 valence electrons. The Hall–Kier alpha value is -3.68. The number of hydrogen-bond acceptors (Lipinski definition) is 6. The van der Waals surface area contributed by atoms with E-state index in [4.69, 9.17) is 9.47 Å². The zero-order valence-electron chi connectivity index (χ0n) is 15.4. The molecular formula is C20H19FN4O3. The molecule has 0 saturated heterocycles. The summed E-state index contributed by atoms with van der Waals surface area (Å²) in [6.07, 6.45) is 0.0441. The van der Waals surface area contributed by atoms with Gasteiger partial charge in [-0.15, -0.1) is 10.2 Å². The Morgan fingerprint density at radius 3 is 2.46 bits per heavy atom. The van der Waals surface area contributed by atoms with Gasteiger partial charge < -0.3 is 20.1 Å². The molecule has 0 spiro atoms. The molecule has 1 aromatic heterocycles. The van der Waals surface area contributed by atoms with Crippen LogP contribution in [0.5, 0.6) is 11.5 Å². The van der Waals surface area contributed by atoms with Gasteiger partial charge in [-0.3, -0.25) is 4.79 Å². The molecular weight excluding hydrogens is 363 g/mol. The first-order valence-electron chi connectivity index (χ1n) is 8.44. The Balaban J connectivity index is 1.63. The summed E-state index contributed by atoms with van der Waals surface area (Å²) in [5, 5.41) is 13.8. The van der Waals surface area contributed by atoms with Crippen molar-refractivity contribution in [3.05, 3.63) is 66.0 Å². The summed E-state index contributed by atoms with van der Waals surface area (Å²) in [7, 11) is 3.14. The Morgan fingerprint density at radius 2 is 1.79 bits per heavy atom. The zero-order valence-corrected chi connectivity index (χ0v) is 15.4. The summed E-state index contributed by atoms with van der Waals surface area (Å²) in [5.74, 6) is 1.35. The van der Waals surface area contributed by atoms with E-state index in [1.54, 1.807) is 56.7 Å². The van der Waals surface area contributed by atoms with Gasteiger partial charge in [-0.1, -0.05) is 12.1 Å². The number of hydrogen-bond donors (Lipinski definition) is 2. The Bertz CT molecular complexity index is 964. The predicted molar refractivity (Wildman–Crippen MR) is 104 cm³/mol. The third-order valence-corrected chi connectivity index (χ3v) is 3.86. The molecule has 28 heavy (non-hydrogen) atoms. The monoisotopic (exact) mass is 382 g/mol. The van der Waals surface area contributed by atoms with Crippen molar-refractivity contribution in [1.29, 1.82) is 0 Å². The quantitative estimate of drug-likeness (QED) is 0.650. The second-order valence-electron chi connectivity index (χ2n) is 5.85. The van der Waals surface area contributed by atoms with E-state index in [2.05, 4.69) is 20.8 Å². The third kappa shape index (κ3) is 4.94. The molecule has 0 saturated carbocycles. The summed E-state index contributed by atoms with van der Waals surface area (Å²) < 4.78 is 23.7. The number of nitrogens with one attached hydrogen (secondary N) is 2. The second kappa shape index (κ2) is 8.81. The Morgan fingerprint density at radius 1 is 1.00 bits per heavy atom. The number of carbonyl (C=O) groups excluding carboxylic acids is 1. The number of benzene rings is 2. The van der Waals surface area contributed by atoms with Crippen molar-refractivity contribution in [2.24, 2.45) is 0 Å². The number of amides is 1. The van der Waals surface area contributed by atoms with Gasteiger partial charge in [-0.25, -0.2) is 4.39 Å². The normalized spacial score (nSPS) is 10.2. The number of halogens is 1. The van der Waals surface area contributed by atoms with E-state index in [-0.39, 0.29) is 18.1 Å². The van der Waals surface area contributed by atoms with Crippen LogP contribution in [0.25, 0.3) is 0 Å². The average Bonchev–Trinajstić information content (AvgIpc) is 2.69. The Labute approximate surface area is 161 Å². The third-order valence-electron chi connectivity index (χ3n) is 3.86. The summed E-state index contributed by atoms with van der Waals surface area (Å²) in [6, 6.07) is 14.5. The van der Waals surface area contributed by atoms with Crippen molar-refractivity contribution in [2.75, 3.05) is 24.9 Å². The van der Waals surface area contributed by atoms with Crippen LogP contribution in [0, 0.1) is 5.82 Å². The largest absolute Gasteiger partial charge is 0.497 e. The first-order chi connectivity index (χ1) is 13.6. The molecule has 0 aliphatic heterocycles. The van der Waals surface area contributed by atoms with Crippen molar-refractivity contribution >= 4 is 23.2 Å². The summed E-state index contributed by atoms with van der Waals surface area (Å²) >= 11 is 0. The smallest absolute Gasteiger partial charge is 0.229 e. The van der Waals surface area contributed by atoms with Gasteiger partial charge >= 0.3 is 0 Å². The predicted octanol–water partition coefficient (Wildman–Crippen LogP) is 3.56. The minimum absolute atomic E-state index is 0.0441. The van der Waals surface area contributed by atoms with E-state index >= 15 is 0 Å². The number of carbonyl (C=O) groups is 1. The summed E-state index contributed by atoms with van der Waals surface area (Å²) in [4.78, 5) is 12.1. The lowest BCUT2D eigenvalue weighted by molar-refractivity contribution is -0.115. The number of methoxy groups -OCH3 is 2. The first kappa shape index (κ1) is 19.1. The van der Waals surface area contributed by atoms with Gasteiger partial charge in [0, 0.05) is 6.07 Å². The second-order valence-corrected chi connectivity index (χ2v) is 5.85. The van der Waals surface area contributed by atoms with Crippen molar-refractivity contribution < 1.29 is 18.7 Å². The van der Waals surface area contributed by atoms with Gasteiger partial charge in [0.05, 0.1) is 26.3 Å². The fraction of sp³-hybridized carbons (Fsp3) is 0.150. The highest BCUT2D eigenvalue weighted by molar-refractivity contribution is 5.91.